The average Bonchev–Trinajstić information content (AvgIpc) is 2.91. The number of carboxylic acid groups (broad SMARTS) is 1. The molecule has 1 amide bonds. The molecule has 0 bridgehead atoms. The van der Waals surface area contributed by atoms with Crippen molar-refractivity contribution >= 4 is 11.9 Å². The standard InChI is InChI=1S/C23H28N2O4/c1-17(26)25-12-11-24(14-19(15-25)16-29-2)13-18-7-9-20(10-8-18)21-5-3-4-6-22(21)23(27)28/h3-10,19H,11-16H2,1-2H3,(H,27,28)/t19-/m1/s1. The highest BCUT2D eigenvalue weighted by atomic mass is 16.5. The number of aromatic carboxylic acids is 1. The van der Waals surface area contributed by atoms with E-state index in [1.807, 2.05) is 41.3 Å². The Balaban J connectivity index is 1.72. The molecule has 0 spiro atoms. The van der Waals surface area contributed by atoms with Crippen LogP contribution in [0.5, 0.6) is 0 Å². The highest BCUT2D eigenvalue weighted by Gasteiger charge is 2.24. The second kappa shape index (κ2) is 9.67. The van der Waals surface area contributed by atoms with E-state index in [0.717, 1.165) is 49.4 Å². The summed E-state index contributed by atoms with van der Waals surface area (Å²) in [4.78, 5) is 27.6. The monoisotopic (exact) mass is 396 g/mol. The molecule has 1 N–H and O–H groups in total. The normalized spacial score (nSPS) is 17.7. The van der Waals surface area contributed by atoms with Crippen LogP contribution >= 0.6 is 0 Å². The van der Waals surface area contributed by atoms with E-state index in [1.165, 1.54) is 0 Å². The van der Waals surface area contributed by atoms with E-state index in [9.17, 15) is 14.7 Å². The predicted octanol–water partition coefficient (Wildman–Crippen LogP) is 2.98. The van der Waals surface area contributed by atoms with E-state index in [0.29, 0.717) is 12.2 Å². The minimum absolute atomic E-state index is 0.106. The van der Waals surface area contributed by atoms with E-state index < -0.39 is 5.97 Å². The number of hydrogen-bond donors (Lipinski definition) is 1. The fourth-order valence-corrected chi connectivity index (χ4v) is 3.92. The fraction of sp³-hybridized carbons (Fsp3) is 0.391. The van der Waals surface area contributed by atoms with Crippen LogP contribution in [-0.4, -0.2) is 66.7 Å². The Morgan fingerprint density at radius 2 is 1.79 bits per heavy atom. The minimum atomic E-state index is -0.923. The molecule has 1 saturated heterocycles. The summed E-state index contributed by atoms with van der Waals surface area (Å²) in [5.74, 6) is -0.532. The molecule has 29 heavy (non-hydrogen) atoms. The van der Waals surface area contributed by atoms with Crippen LogP contribution in [0.1, 0.15) is 22.8 Å². The van der Waals surface area contributed by atoms with Crippen molar-refractivity contribution in [2.45, 2.75) is 13.5 Å². The van der Waals surface area contributed by atoms with E-state index in [4.69, 9.17) is 4.74 Å². The zero-order chi connectivity index (χ0) is 20.8. The third-order valence-electron chi connectivity index (χ3n) is 5.36. The van der Waals surface area contributed by atoms with Gasteiger partial charge in [-0.1, -0.05) is 42.5 Å². The number of methoxy groups -OCH3 is 1. The molecule has 2 aromatic carbocycles. The third-order valence-corrected chi connectivity index (χ3v) is 5.36. The molecule has 0 aromatic heterocycles. The molecule has 0 aliphatic carbocycles. The molecule has 1 aliphatic heterocycles. The van der Waals surface area contributed by atoms with Gasteiger partial charge in [-0.3, -0.25) is 9.69 Å². The summed E-state index contributed by atoms with van der Waals surface area (Å²) in [6.45, 7) is 6.18. The lowest BCUT2D eigenvalue weighted by Crippen LogP contribution is -2.35. The average molecular weight is 396 g/mol. The van der Waals surface area contributed by atoms with E-state index >= 15 is 0 Å². The largest absolute Gasteiger partial charge is 0.478 e. The van der Waals surface area contributed by atoms with Crippen molar-refractivity contribution < 1.29 is 19.4 Å². The van der Waals surface area contributed by atoms with Gasteiger partial charge in [0, 0.05) is 52.7 Å². The summed E-state index contributed by atoms with van der Waals surface area (Å²) in [5, 5.41) is 9.41. The van der Waals surface area contributed by atoms with Crippen LogP contribution in [0.4, 0.5) is 0 Å². The maximum atomic E-state index is 11.8. The molecule has 2 aromatic rings. The van der Waals surface area contributed by atoms with Crippen LogP contribution in [0, 0.1) is 5.92 Å². The Labute approximate surface area is 171 Å². The second-order valence-electron chi connectivity index (χ2n) is 7.57. The number of amides is 1. The van der Waals surface area contributed by atoms with Crippen molar-refractivity contribution in [3.63, 3.8) is 0 Å². The van der Waals surface area contributed by atoms with Gasteiger partial charge in [-0.05, 0) is 22.8 Å². The smallest absolute Gasteiger partial charge is 0.336 e. The molecule has 0 saturated carbocycles. The number of carboxylic acids is 1. The number of benzene rings is 2. The van der Waals surface area contributed by atoms with Crippen molar-refractivity contribution in [1.82, 2.24) is 9.80 Å². The number of carbonyl (C=O) groups excluding carboxylic acids is 1. The second-order valence-corrected chi connectivity index (χ2v) is 7.57. The lowest BCUT2D eigenvalue weighted by Gasteiger charge is -2.23. The van der Waals surface area contributed by atoms with Gasteiger partial charge >= 0.3 is 5.97 Å². The molecule has 1 atom stereocenters. The SMILES string of the molecule is COC[C@@H]1CN(Cc2ccc(-c3ccccc3C(=O)O)cc2)CCN(C(C)=O)C1. The van der Waals surface area contributed by atoms with Crippen LogP contribution in [-0.2, 0) is 16.1 Å². The summed E-state index contributed by atoms with van der Waals surface area (Å²) in [6.07, 6.45) is 0. The summed E-state index contributed by atoms with van der Waals surface area (Å²) in [7, 11) is 1.70. The third kappa shape index (κ3) is 5.43. The number of hydrogen-bond acceptors (Lipinski definition) is 4. The Morgan fingerprint density at radius 3 is 2.45 bits per heavy atom. The predicted molar refractivity (Wildman–Crippen MR) is 112 cm³/mol. The van der Waals surface area contributed by atoms with Gasteiger partial charge in [0.2, 0.25) is 5.91 Å². The van der Waals surface area contributed by atoms with Gasteiger partial charge in [0.1, 0.15) is 0 Å². The van der Waals surface area contributed by atoms with Crippen LogP contribution in [0.3, 0.4) is 0 Å². The van der Waals surface area contributed by atoms with Gasteiger partial charge in [0.05, 0.1) is 12.2 Å². The Kier molecular flexibility index (Phi) is 7.01. The number of rotatable bonds is 6. The lowest BCUT2D eigenvalue weighted by molar-refractivity contribution is -0.129. The van der Waals surface area contributed by atoms with Crippen molar-refractivity contribution in [2.24, 2.45) is 5.92 Å². The molecule has 6 nitrogen and oxygen atoms in total. The van der Waals surface area contributed by atoms with E-state index in [2.05, 4.69) is 4.90 Å². The first kappa shape index (κ1) is 21.0. The van der Waals surface area contributed by atoms with Crippen molar-refractivity contribution in [2.75, 3.05) is 39.9 Å². The van der Waals surface area contributed by atoms with E-state index in [-0.39, 0.29) is 11.8 Å². The molecule has 154 valence electrons. The van der Waals surface area contributed by atoms with Gasteiger partial charge in [0.25, 0.3) is 0 Å². The molecular weight excluding hydrogens is 368 g/mol. The Bertz CT molecular complexity index is 850. The van der Waals surface area contributed by atoms with Gasteiger partial charge in [-0.2, -0.15) is 0 Å². The van der Waals surface area contributed by atoms with Crippen LogP contribution in [0.2, 0.25) is 0 Å². The first-order valence-electron chi connectivity index (χ1n) is 9.86. The van der Waals surface area contributed by atoms with Gasteiger partial charge in [0.15, 0.2) is 0 Å². The van der Waals surface area contributed by atoms with Crippen molar-refractivity contribution in [3.8, 4) is 11.1 Å². The van der Waals surface area contributed by atoms with Crippen LogP contribution < -0.4 is 0 Å². The molecule has 1 aliphatic rings. The minimum Gasteiger partial charge on any atom is -0.478 e. The first-order chi connectivity index (χ1) is 14.0. The van der Waals surface area contributed by atoms with Crippen molar-refractivity contribution in [1.29, 1.82) is 0 Å². The van der Waals surface area contributed by atoms with Crippen molar-refractivity contribution in [3.05, 3.63) is 59.7 Å². The molecular formula is C23H28N2O4. The number of carbonyl (C=O) groups is 2. The summed E-state index contributed by atoms with van der Waals surface area (Å²) >= 11 is 0. The van der Waals surface area contributed by atoms with Crippen LogP contribution in [0.25, 0.3) is 11.1 Å². The number of ether oxygens (including phenoxy) is 1. The van der Waals surface area contributed by atoms with Gasteiger partial charge < -0.3 is 14.7 Å². The molecule has 0 radical (unpaired) electrons. The maximum Gasteiger partial charge on any atom is 0.336 e. The zero-order valence-electron chi connectivity index (χ0n) is 17.0. The summed E-state index contributed by atoms with van der Waals surface area (Å²) in [5.41, 5.74) is 3.08. The molecule has 3 rings (SSSR count). The topological polar surface area (TPSA) is 70.1 Å². The Hall–Kier alpha value is -2.70. The lowest BCUT2D eigenvalue weighted by atomic mass is 9.98. The van der Waals surface area contributed by atoms with Crippen LogP contribution in [0.15, 0.2) is 48.5 Å². The van der Waals surface area contributed by atoms with Gasteiger partial charge in [-0.15, -0.1) is 0 Å². The summed E-state index contributed by atoms with van der Waals surface area (Å²) in [6, 6.07) is 15.1. The summed E-state index contributed by atoms with van der Waals surface area (Å²) < 4.78 is 5.35. The first-order valence-corrected chi connectivity index (χ1v) is 9.86. The molecule has 1 heterocycles. The number of nitrogens with zero attached hydrogens (tertiary/aromatic N) is 2. The zero-order valence-corrected chi connectivity index (χ0v) is 17.0. The van der Waals surface area contributed by atoms with Gasteiger partial charge in [-0.25, -0.2) is 4.79 Å². The molecule has 0 unspecified atom stereocenters. The molecule has 6 heteroatoms. The Morgan fingerprint density at radius 1 is 1.07 bits per heavy atom. The van der Waals surface area contributed by atoms with E-state index in [1.54, 1.807) is 26.2 Å². The quantitative estimate of drug-likeness (QED) is 0.813. The fourth-order valence-electron chi connectivity index (χ4n) is 3.92. The maximum absolute atomic E-state index is 11.8. The highest BCUT2D eigenvalue weighted by molar-refractivity contribution is 5.95. The highest BCUT2D eigenvalue weighted by Crippen LogP contribution is 2.24. The molecule has 1 fully saturated rings.